The zero-order valence-electron chi connectivity index (χ0n) is 13.0. The summed E-state index contributed by atoms with van der Waals surface area (Å²) in [6, 6.07) is 0.411. The average molecular weight is 304 g/mol. The van der Waals surface area contributed by atoms with Gasteiger partial charge >= 0.3 is 6.09 Å². The third-order valence-corrected chi connectivity index (χ3v) is 4.14. The van der Waals surface area contributed by atoms with Crippen LogP contribution < -0.4 is 10.6 Å². The van der Waals surface area contributed by atoms with Crippen LogP contribution in [0, 0.1) is 5.92 Å². The van der Waals surface area contributed by atoms with Crippen molar-refractivity contribution in [2.45, 2.75) is 51.7 Å². The summed E-state index contributed by atoms with van der Waals surface area (Å²) >= 11 is 0. The summed E-state index contributed by atoms with van der Waals surface area (Å²) in [5.41, 5.74) is -0.456. The van der Waals surface area contributed by atoms with E-state index in [1.54, 1.807) is 6.26 Å². The summed E-state index contributed by atoms with van der Waals surface area (Å²) < 4.78 is 16.3. The van der Waals surface area contributed by atoms with Crippen LogP contribution >= 0.6 is 0 Å². The van der Waals surface area contributed by atoms with Gasteiger partial charge in [0.25, 0.3) is 0 Å². The molecule has 0 bridgehead atoms. The fraction of sp³-hybridized carbons (Fsp3) is 0.929. The molecule has 1 rings (SSSR count). The highest BCUT2D eigenvalue weighted by Crippen LogP contribution is 2.25. The van der Waals surface area contributed by atoms with Crippen molar-refractivity contribution in [1.29, 1.82) is 0 Å². The van der Waals surface area contributed by atoms with E-state index >= 15 is 0 Å². The van der Waals surface area contributed by atoms with Crippen LogP contribution in [0.15, 0.2) is 0 Å². The summed E-state index contributed by atoms with van der Waals surface area (Å²) in [7, 11) is -0.752. The Morgan fingerprint density at radius 1 is 1.35 bits per heavy atom. The van der Waals surface area contributed by atoms with Crippen LogP contribution in [0.4, 0.5) is 4.79 Å². The maximum atomic E-state index is 11.6. The Labute approximate surface area is 124 Å². The fourth-order valence-corrected chi connectivity index (χ4v) is 2.87. The summed E-state index contributed by atoms with van der Waals surface area (Å²) in [5, 5.41) is 6.30. The molecular formula is C14H28N2O3S. The molecule has 1 fully saturated rings. The highest BCUT2D eigenvalue weighted by Gasteiger charge is 2.27. The third-order valence-electron chi connectivity index (χ3n) is 3.36. The Morgan fingerprint density at radius 2 is 2.05 bits per heavy atom. The van der Waals surface area contributed by atoms with Gasteiger partial charge in [0, 0.05) is 41.9 Å². The SMILES string of the molecule is CS(=O)CCNC1CCCC1CNC(=O)OC(C)(C)C. The van der Waals surface area contributed by atoms with Crippen LogP contribution in [0.5, 0.6) is 0 Å². The van der Waals surface area contributed by atoms with E-state index in [-0.39, 0.29) is 6.09 Å². The minimum atomic E-state index is -0.752. The molecule has 0 heterocycles. The van der Waals surface area contributed by atoms with Crippen molar-refractivity contribution >= 4 is 16.9 Å². The molecule has 0 aromatic heterocycles. The Kier molecular flexibility index (Phi) is 6.95. The van der Waals surface area contributed by atoms with Gasteiger partial charge in [0.2, 0.25) is 0 Å². The Bertz CT molecular complexity index is 342. The number of alkyl carbamates (subject to hydrolysis) is 1. The van der Waals surface area contributed by atoms with Crippen LogP contribution in [0.25, 0.3) is 0 Å². The van der Waals surface area contributed by atoms with Gasteiger partial charge in [0.1, 0.15) is 5.60 Å². The molecule has 2 N–H and O–H groups in total. The van der Waals surface area contributed by atoms with Crippen molar-refractivity contribution < 1.29 is 13.7 Å². The lowest BCUT2D eigenvalue weighted by Gasteiger charge is -2.23. The number of hydrogen-bond acceptors (Lipinski definition) is 4. The van der Waals surface area contributed by atoms with Gasteiger partial charge in [-0.1, -0.05) is 6.42 Å². The largest absolute Gasteiger partial charge is 0.444 e. The maximum Gasteiger partial charge on any atom is 0.407 e. The van der Waals surface area contributed by atoms with E-state index < -0.39 is 16.4 Å². The first-order chi connectivity index (χ1) is 9.28. The van der Waals surface area contributed by atoms with Gasteiger partial charge in [0.15, 0.2) is 0 Å². The number of nitrogens with one attached hydrogen (secondary N) is 2. The number of rotatable bonds is 6. The molecular weight excluding hydrogens is 276 g/mol. The normalized spacial score (nSPS) is 24.4. The minimum Gasteiger partial charge on any atom is -0.444 e. The summed E-state index contributed by atoms with van der Waals surface area (Å²) in [6.45, 7) is 6.99. The lowest BCUT2D eigenvalue weighted by Crippen LogP contribution is -2.41. The van der Waals surface area contributed by atoms with Crippen molar-refractivity contribution in [3.8, 4) is 0 Å². The molecule has 118 valence electrons. The van der Waals surface area contributed by atoms with Gasteiger partial charge in [0.05, 0.1) is 0 Å². The molecule has 6 heteroatoms. The van der Waals surface area contributed by atoms with Crippen LogP contribution in [0.1, 0.15) is 40.0 Å². The van der Waals surface area contributed by atoms with Crippen molar-refractivity contribution in [3.05, 3.63) is 0 Å². The quantitative estimate of drug-likeness (QED) is 0.783. The molecule has 1 aliphatic carbocycles. The predicted molar refractivity (Wildman–Crippen MR) is 82.3 cm³/mol. The molecule has 0 aliphatic heterocycles. The Balaban J connectivity index is 2.27. The van der Waals surface area contributed by atoms with E-state index in [0.29, 0.717) is 24.3 Å². The van der Waals surface area contributed by atoms with Gasteiger partial charge in [-0.25, -0.2) is 4.79 Å². The molecule has 20 heavy (non-hydrogen) atoms. The lowest BCUT2D eigenvalue weighted by molar-refractivity contribution is 0.0517. The maximum absolute atomic E-state index is 11.6. The summed E-state index contributed by atoms with van der Waals surface area (Å²) in [6.07, 6.45) is 4.78. The fourth-order valence-electron chi connectivity index (χ4n) is 2.47. The van der Waals surface area contributed by atoms with E-state index in [4.69, 9.17) is 4.74 Å². The van der Waals surface area contributed by atoms with E-state index in [1.165, 1.54) is 6.42 Å². The summed E-state index contributed by atoms with van der Waals surface area (Å²) in [4.78, 5) is 11.6. The monoisotopic (exact) mass is 304 g/mol. The molecule has 0 aromatic carbocycles. The summed E-state index contributed by atoms with van der Waals surface area (Å²) in [5.74, 6) is 1.12. The molecule has 1 amide bonds. The van der Waals surface area contributed by atoms with Crippen LogP contribution in [0.2, 0.25) is 0 Å². The minimum absolute atomic E-state index is 0.349. The molecule has 0 saturated heterocycles. The first kappa shape index (κ1) is 17.4. The van der Waals surface area contributed by atoms with Crippen molar-refractivity contribution in [1.82, 2.24) is 10.6 Å². The lowest BCUT2D eigenvalue weighted by atomic mass is 10.0. The first-order valence-electron chi connectivity index (χ1n) is 7.28. The van der Waals surface area contributed by atoms with Gasteiger partial charge in [-0.15, -0.1) is 0 Å². The van der Waals surface area contributed by atoms with Crippen molar-refractivity contribution in [2.75, 3.05) is 25.1 Å². The molecule has 1 aliphatic rings. The number of hydrogen-bond donors (Lipinski definition) is 2. The molecule has 3 unspecified atom stereocenters. The molecule has 0 radical (unpaired) electrons. The first-order valence-corrected chi connectivity index (χ1v) is 9.01. The van der Waals surface area contributed by atoms with E-state index in [1.807, 2.05) is 20.8 Å². The van der Waals surface area contributed by atoms with E-state index in [0.717, 1.165) is 19.4 Å². The van der Waals surface area contributed by atoms with E-state index in [9.17, 15) is 9.00 Å². The standard InChI is InChI=1S/C14H28N2O3S/c1-14(2,3)19-13(17)16-10-11-6-5-7-12(11)15-8-9-20(4)18/h11-12,15H,5-10H2,1-4H3,(H,16,17). The van der Waals surface area contributed by atoms with Gasteiger partial charge in [-0.2, -0.15) is 0 Å². The van der Waals surface area contributed by atoms with Gasteiger partial charge in [-0.05, 0) is 39.5 Å². The molecule has 3 atom stereocenters. The second-order valence-corrected chi connectivity index (χ2v) is 7.97. The van der Waals surface area contributed by atoms with Crippen molar-refractivity contribution in [3.63, 3.8) is 0 Å². The number of ether oxygens (including phenoxy) is 1. The number of carbonyl (C=O) groups is 1. The van der Waals surface area contributed by atoms with Crippen LogP contribution in [-0.2, 0) is 15.5 Å². The average Bonchev–Trinajstić information content (AvgIpc) is 2.71. The zero-order chi connectivity index (χ0) is 15.2. The molecule has 0 spiro atoms. The van der Waals surface area contributed by atoms with Gasteiger partial charge < -0.3 is 15.4 Å². The Morgan fingerprint density at radius 3 is 2.65 bits per heavy atom. The van der Waals surface area contributed by atoms with E-state index in [2.05, 4.69) is 10.6 Å². The topological polar surface area (TPSA) is 67.4 Å². The Hall–Kier alpha value is -0.620. The predicted octanol–water partition coefficient (Wildman–Crippen LogP) is 1.65. The number of carbonyl (C=O) groups excluding carboxylic acids is 1. The zero-order valence-corrected chi connectivity index (χ0v) is 13.8. The highest BCUT2D eigenvalue weighted by atomic mass is 32.2. The van der Waals surface area contributed by atoms with Gasteiger partial charge in [-0.3, -0.25) is 4.21 Å². The second-order valence-electron chi connectivity index (χ2n) is 6.41. The van der Waals surface area contributed by atoms with Crippen LogP contribution in [-0.4, -0.2) is 47.0 Å². The number of amides is 1. The molecule has 0 aromatic rings. The second kappa shape index (κ2) is 7.98. The third kappa shape index (κ3) is 7.24. The smallest absolute Gasteiger partial charge is 0.407 e. The highest BCUT2D eigenvalue weighted by molar-refractivity contribution is 7.84. The molecule has 5 nitrogen and oxygen atoms in total. The van der Waals surface area contributed by atoms with Crippen molar-refractivity contribution in [2.24, 2.45) is 5.92 Å². The van der Waals surface area contributed by atoms with Crippen LogP contribution in [0.3, 0.4) is 0 Å². The molecule has 1 saturated carbocycles.